The highest BCUT2D eigenvalue weighted by atomic mass is 32.1. The summed E-state index contributed by atoms with van der Waals surface area (Å²) in [4.78, 5) is 29.3. The average molecular weight is 482 g/mol. The first-order chi connectivity index (χ1) is 16.3. The second kappa shape index (κ2) is 8.80. The maximum atomic E-state index is 13.9. The number of rotatable bonds is 5. The number of nitrogens with zero attached hydrogens (tertiary/aromatic N) is 3. The molecule has 0 spiro atoms. The number of Topliss-reactive ketones (excluding diaryl/α,β-unsaturated/α-hetero) is 1. The number of carbonyl (C=O) groups excluding carboxylic acids is 2. The zero-order chi connectivity index (χ0) is 24.1. The Morgan fingerprint density at radius 2 is 1.82 bits per heavy atom. The molecule has 0 N–H and O–H groups in total. The number of ketones is 1. The van der Waals surface area contributed by atoms with E-state index in [2.05, 4.69) is 37.9 Å². The van der Waals surface area contributed by atoms with Crippen LogP contribution in [0.3, 0.4) is 0 Å². The molecule has 0 radical (unpaired) electrons. The molecule has 1 aromatic heterocycles. The van der Waals surface area contributed by atoms with Gasteiger partial charge >= 0.3 is 0 Å². The number of carbonyl (C=O) groups is 2. The largest absolute Gasteiger partial charge is 0.497 e. The Kier molecular flexibility index (Phi) is 5.96. The Morgan fingerprint density at radius 1 is 1.12 bits per heavy atom. The Morgan fingerprint density at radius 3 is 2.50 bits per heavy atom. The van der Waals surface area contributed by atoms with Crippen molar-refractivity contribution < 1.29 is 19.1 Å². The normalized spacial score (nSPS) is 28.8. The van der Waals surface area contributed by atoms with Crippen molar-refractivity contribution in [2.45, 2.75) is 59.1 Å². The summed E-state index contributed by atoms with van der Waals surface area (Å²) < 4.78 is 11.7. The molecule has 34 heavy (non-hydrogen) atoms. The molecule has 180 valence electrons. The molecule has 3 aliphatic rings. The van der Waals surface area contributed by atoms with E-state index in [9.17, 15) is 9.59 Å². The zero-order valence-electron chi connectivity index (χ0n) is 20.3. The lowest BCUT2D eigenvalue weighted by Crippen LogP contribution is -2.43. The summed E-state index contributed by atoms with van der Waals surface area (Å²) in [6.07, 6.45) is 2.10. The fourth-order valence-corrected chi connectivity index (χ4v) is 6.41. The Labute approximate surface area is 204 Å². The summed E-state index contributed by atoms with van der Waals surface area (Å²) in [7, 11) is 1.61. The molecule has 5 unspecified atom stereocenters. The highest BCUT2D eigenvalue weighted by Crippen LogP contribution is 2.50. The second-order valence-corrected chi connectivity index (χ2v) is 11.3. The van der Waals surface area contributed by atoms with Crippen LogP contribution in [-0.4, -0.2) is 35.1 Å². The molecule has 2 aromatic rings. The van der Waals surface area contributed by atoms with E-state index >= 15 is 0 Å². The van der Waals surface area contributed by atoms with Crippen molar-refractivity contribution in [1.29, 1.82) is 0 Å². The fourth-order valence-electron chi connectivity index (χ4n) is 5.33. The van der Waals surface area contributed by atoms with Gasteiger partial charge in [-0.2, -0.15) is 0 Å². The molecular weight excluding hydrogens is 450 g/mol. The molecule has 5 atom stereocenters. The van der Waals surface area contributed by atoms with E-state index < -0.39 is 6.04 Å². The van der Waals surface area contributed by atoms with Gasteiger partial charge < -0.3 is 9.47 Å². The molecule has 1 fully saturated rings. The standard InChI is InChI=1S/C26H31N3O4S/c1-13(2)10-20-27-28-26(34-20)29-22(16-6-8-17(32-5)9-7-16)21-23(30)18-11-14(3)15(4)12-19(18)33-24(21)25(29)31/h6-9,13-15,18-19,22H,10-12H2,1-5H3. The smallest absolute Gasteiger partial charge is 0.296 e. The average Bonchev–Trinajstić information content (AvgIpc) is 3.37. The van der Waals surface area contributed by atoms with E-state index in [0.29, 0.717) is 34.2 Å². The molecule has 8 heteroatoms. The van der Waals surface area contributed by atoms with Crippen LogP contribution >= 0.6 is 11.3 Å². The second-order valence-electron chi connectivity index (χ2n) is 10.2. The van der Waals surface area contributed by atoms with Crippen molar-refractivity contribution in [3.05, 3.63) is 46.2 Å². The van der Waals surface area contributed by atoms with Crippen molar-refractivity contribution in [2.24, 2.45) is 23.7 Å². The first-order valence-electron chi connectivity index (χ1n) is 12.0. The van der Waals surface area contributed by atoms with Gasteiger partial charge in [0.2, 0.25) is 5.13 Å². The van der Waals surface area contributed by atoms with Crippen molar-refractivity contribution >= 4 is 28.2 Å². The summed E-state index contributed by atoms with van der Waals surface area (Å²) >= 11 is 1.41. The van der Waals surface area contributed by atoms with Crippen LogP contribution in [0.15, 0.2) is 35.6 Å². The van der Waals surface area contributed by atoms with Gasteiger partial charge in [0.15, 0.2) is 11.5 Å². The summed E-state index contributed by atoms with van der Waals surface area (Å²) in [5.41, 5.74) is 1.28. The van der Waals surface area contributed by atoms with Gasteiger partial charge in [-0.1, -0.05) is 51.2 Å². The molecule has 5 rings (SSSR count). The highest BCUT2D eigenvalue weighted by molar-refractivity contribution is 7.15. The number of ether oxygens (including phenoxy) is 2. The van der Waals surface area contributed by atoms with Crippen molar-refractivity contribution in [3.8, 4) is 5.75 Å². The van der Waals surface area contributed by atoms with Gasteiger partial charge in [-0.3, -0.25) is 14.5 Å². The summed E-state index contributed by atoms with van der Waals surface area (Å²) in [5, 5.41) is 10.1. The third-order valence-electron chi connectivity index (χ3n) is 7.39. The van der Waals surface area contributed by atoms with Gasteiger partial charge in [-0.25, -0.2) is 0 Å². The van der Waals surface area contributed by atoms with E-state index in [1.165, 1.54) is 11.3 Å². The molecule has 1 saturated carbocycles. The predicted molar refractivity (Wildman–Crippen MR) is 130 cm³/mol. The van der Waals surface area contributed by atoms with E-state index in [0.717, 1.165) is 29.8 Å². The first kappa shape index (κ1) is 23.0. The van der Waals surface area contributed by atoms with Crippen molar-refractivity contribution in [3.63, 3.8) is 0 Å². The van der Waals surface area contributed by atoms with Crippen LogP contribution < -0.4 is 9.64 Å². The van der Waals surface area contributed by atoms with Crippen LogP contribution in [0, 0.1) is 23.7 Å². The fraction of sp³-hybridized carbons (Fsp3) is 0.538. The molecular formula is C26H31N3O4S. The van der Waals surface area contributed by atoms with Gasteiger partial charge in [-0.15, -0.1) is 10.2 Å². The SMILES string of the molecule is COc1ccc(C2C3=C(OC4CC(C)C(C)CC4C3=O)C(=O)N2c2nnc(CC(C)C)s2)cc1. The van der Waals surface area contributed by atoms with Gasteiger partial charge in [0.05, 0.1) is 24.6 Å². The number of hydrogen-bond donors (Lipinski definition) is 0. The number of amides is 1. The molecule has 3 heterocycles. The third-order valence-corrected chi connectivity index (χ3v) is 8.33. The van der Waals surface area contributed by atoms with E-state index in [1.54, 1.807) is 12.0 Å². The van der Waals surface area contributed by atoms with Crippen LogP contribution in [0.1, 0.15) is 57.1 Å². The lowest BCUT2D eigenvalue weighted by Gasteiger charge is -2.40. The zero-order valence-corrected chi connectivity index (χ0v) is 21.1. The number of benzene rings is 1. The molecule has 1 amide bonds. The van der Waals surface area contributed by atoms with Crippen LogP contribution in [-0.2, 0) is 20.7 Å². The first-order valence-corrected chi connectivity index (χ1v) is 12.8. The molecule has 0 bridgehead atoms. The van der Waals surface area contributed by atoms with Gasteiger partial charge in [-0.05, 0) is 48.3 Å². The summed E-state index contributed by atoms with van der Waals surface area (Å²) in [6.45, 7) is 8.64. The lowest BCUT2D eigenvalue weighted by atomic mass is 9.70. The number of methoxy groups -OCH3 is 1. The minimum atomic E-state index is -0.587. The van der Waals surface area contributed by atoms with Crippen molar-refractivity contribution in [1.82, 2.24) is 10.2 Å². The molecule has 1 aliphatic carbocycles. The predicted octanol–water partition coefficient (Wildman–Crippen LogP) is 4.74. The quantitative estimate of drug-likeness (QED) is 0.614. The maximum Gasteiger partial charge on any atom is 0.296 e. The highest BCUT2D eigenvalue weighted by Gasteiger charge is 2.54. The minimum absolute atomic E-state index is 0.0357. The van der Waals surface area contributed by atoms with Gasteiger partial charge in [0, 0.05) is 6.42 Å². The molecule has 1 aromatic carbocycles. The summed E-state index contributed by atoms with van der Waals surface area (Å²) in [6, 6.07) is 6.92. The van der Waals surface area contributed by atoms with Gasteiger partial charge in [0.25, 0.3) is 5.91 Å². The van der Waals surface area contributed by atoms with E-state index in [-0.39, 0.29) is 29.5 Å². The topological polar surface area (TPSA) is 81.6 Å². The van der Waals surface area contributed by atoms with Crippen molar-refractivity contribution in [2.75, 3.05) is 12.0 Å². The Balaban J connectivity index is 1.58. The van der Waals surface area contributed by atoms with E-state index in [1.807, 2.05) is 24.3 Å². The van der Waals surface area contributed by atoms with Crippen LogP contribution in [0.4, 0.5) is 5.13 Å². The van der Waals surface area contributed by atoms with E-state index in [4.69, 9.17) is 9.47 Å². The number of fused-ring (bicyclic) bond motifs is 1. The summed E-state index contributed by atoms with van der Waals surface area (Å²) in [5.74, 6) is 1.72. The number of hydrogen-bond acceptors (Lipinski definition) is 7. The lowest BCUT2D eigenvalue weighted by molar-refractivity contribution is -0.134. The molecule has 0 saturated heterocycles. The molecule has 7 nitrogen and oxygen atoms in total. The number of aromatic nitrogens is 2. The Bertz CT molecular complexity index is 1140. The van der Waals surface area contributed by atoms with Crippen LogP contribution in [0.25, 0.3) is 0 Å². The van der Waals surface area contributed by atoms with Crippen LogP contribution in [0.5, 0.6) is 5.75 Å². The third kappa shape index (κ3) is 3.82. The van der Waals surface area contributed by atoms with Gasteiger partial charge in [0.1, 0.15) is 16.9 Å². The number of anilines is 1. The Hall–Kier alpha value is -2.74. The monoisotopic (exact) mass is 481 g/mol. The minimum Gasteiger partial charge on any atom is -0.497 e. The van der Waals surface area contributed by atoms with Crippen LogP contribution in [0.2, 0.25) is 0 Å². The molecule has 2 aliphatic heterocycles. The maximum absolute atomic E-state index is 13.9.